The van der Waals surface area contributed by atoms with E-state index in [2.05, 4.69) is 4.72 Å². The quantitative estimate of drug-likeness (QED) is 0.826. The Balaban J connectivity index is 2.48. The molecule has 0 saturated heterocycles. The highest BCUT2D eigenvalue weighted by molar-refractivity contribution is 7.92. The number of hydrogen-bond donors (Lipinski definition) is 2. The molecule has 0 aliphatic rings. The monoisotopic (exact) mass is 344 g/mol. The van der Waals surface area contributed by atoms with Gasteiger partial charge in [0.2, 0.25) is 0 Å². The molecule has 3 N–H and O–H groups in total. The number of aryl methyl sites for hydroxylation is 1. The van der Waals surface area contributed by atoms with Crippen molar-refractivity contribution in [2.75, 3.05) is 10.5 Å². The molecule has 0 heterocycles. The summed E-state index contributed by atoms with van der Waals surface area (Å²) in [5, 5.41) is 0.656. The van der Waals surface area contributed by atoms with Crippen molar-refractivity contribution in [3.05, 3.63) is 51.5 Å². The molecular weight excluding hydrogens is 331 g/mol. The normalized spacial score (nSPS) is 11.4. The number of nitrogens with one attached hydrogen (secondary N) is 1. The van der Waals surface area contributed by atoms with E-state index in [-0.39, 0.29) is 15.6 Å². The minimum atomic E-state index is -3.78. The maximum atomic E-state index is 12.5. The van der Waals surface area contributed by atoms with E-state index in [0.717, 1.165) is 5.56 Å². The van der Waals surface area contributed by atoms with Gasteiger partial charge in [0.25, 0.3) is 10.0 Å². The van der Waals surface area contributed by atoms with Crippen molar-refractivity contribution in [1.29, 1.82) is 0 Å². The van der Waals surface area contributed by atoms with Crippen molar-refractivity contribution in [3.8, 4) is 0 Å². The number of sulfonamides is 1. The van der Waals surface area contributed by atoms with Crippen LogP contribution in [0.2, 0.25) is 10.0 Å². The number of halogens is 2. The zero-order valence-corrected chi connectivity index (χ0v) is 13.8. The Kier molecular flexibility index (Phi) is 4.37. The molecule has 0 aliphatic heterocycles. The second-order valence-corrected chi connectivity index (χ2v) is 7.19. The molecule has 0 saturated carbocycles. The smallest absolute Gasteiger partial charge is 0.262 e. The molecule has 21 heavy (non-hydrogen) atoms. The summed E-state index contributed by atoms with van der Waals surface area (Å²) in [7, 11) is -3.78. The number of hydrogen-bond acceptors (Lipinski definition) is 3. The van der Waals surface area contributed by atoms with Gasteiger partial charge in [-0.2, -0.15) is 0 Å². The van der Waals surface area contributed by atoms with Gasteiger partial charge in [-0.15, -0.1) is 0 Å². The molecule has 0 radical (unpaired) electrons. The second-order valence-electron chi connectivity index (χ2n) is 4.69. The van der Waals surface area contributed by atoms with Gasteiger partial charge in [0.1, 0.15) is 0 Å². The molecule has 0 spiro atoms. The average Bonchev–Trinajstić information content (AvgIpc) is 2.37. The third-order valence-electron chi connectivity index (χ3n) is 3.11. The lowest BCUT2D eigenvalue weighted by molar-refractivity contribution is 0.600. The summed E-state index contributed by atoms with van der Waals surface area (Å²) in [6, 6.07) is 7.69. The molecule has 0 aromatic heterocycles. The molecule has 7 heteroatoms. The topological polar surface area (TPSA) is 72.2 Å². The molecular formula is C14H14Cl2N2O2S. The van der Waals surface area contributed by atoms with Gasteiger partial charge >= 0.3 is 0 Å². The van der Waals surface area contributed by atoms with E-state index in [1.807, 2.05) is 0 Å². The molecule has 4 nitrogen and oxygen atoms in total. The predicted octanol–water partition coefficient (Wildman–Crippen LogP) is 3.99. The van der Waals surface area contributed by atoms with Gasteiger partial charge in [-0.3, -0.25) is 4.72 Å². The van der Waals surface area contributed by atoms with Crippen LogP contribution in [0.5, 0.6) is 0 Å². The van der Waals surface area contributed by atoms with Crippen molar-refractivity contribution in [3.63, 3.8) is 0 Å². The van der Waals surface area contributed by atoms with Crippen molar-refractivity contribution in [1.82, 2.24) is 0 Å². The number of nitrogen functional groups attached to an aromatic ring is 1. The van der Waals surface area contributed by atoms with E-state index in [4.69, 9.17) is 28.9 Å². The third-order valence-corrected chi connectivity index (χ3v) is 5.15. The summed E-state index contributed by atoms with van der Waals surface area (Å²) in [4.78, 5) is 0.131. The molecule has 0 aliphatic carbocycles. The zero-order chi connectivity index (χ0) is 15.8. The first-order valence-electron chi connectivity index (χ1n) is 6.05. The van der Waals surface area contributed by atoms with Crippen LogP contribution in [0.3, 0.4) is 0 Å². The Morgan fingerprint density at radius 1 is 1.10 bits per heavy atom. The van der Waals surface area contributed by atoms with Crippen molar-refractivity contribution in [2.24, 2.45) is 0 Å². The fourth-order valence-corrected chi connectivity index (χ4v) is 3.85. The molecule has 0 bridgehead atoms. The summed E-state index contributed by atoms with van der Waals surface area (Å²) >= 11 is 11.8. The van der Waals surface area contributed by atoms with Crippen molar-refractivity contribution in [2.45, 2.75) is 18.7 Å². The first-order valence-corrected chi connectivity index (χ1v) is 8.29. The molecule has 0 fully saturated rings. The van der Waals surface area contributed by atoms with Gasteiger partial charge in [-0.1, -0.05) is 23.2 Å². The minimum Gasteiger partial charge on any atom is -0.399 e. The number of anilines is 2. The van der Waals surface area contributed by atoms with E-state index in [1.54, 1.807) is 26.0 Å². The maximum absolute atomic E-state index is 12.5. The third kappa shape index (κ3) is 3.43. The van der Waals surface area contributed by atoms with Gasteiger partial charge in [-0.25, -0.2) is 8.42 Å². The largest absolute Gasteiger partial charge is 0.399 e. The average molecular weight is 345 g/mol. The Hall–Kier alpha value is -1.43. The Bertz CT molecular complexity index is 805. The van der Waals surface area contributed by atoms with E-state index in [1.165, 1.54) is 18.2 Å². The fourth-order valence-electron chi connectivity index (χ4n) is 1.90. The summed E-state index contributed by atoms with van der Waals surface area (Å²) in [5.74, 6) is 0. The zero-order valence-electron chi connectivity index (χ0n) is 11.4. The van der Waals surface area contributed by atoms with E-state index >= 15 is 0 Å². The number of rotatable bonds is 3. The molecule has 2 rings (SSSR count). The molecule has 0 atom stereocenters. The Labute approximate surface area is 133 Å². The van der Waals surface area contributed by atoms with Gasteiger partial charge in [0.05, 0.1) is 15.6 Å². The summed E-state index contributed by atoms with van der Waals surface area (Å²) in [6.45, 7) is 3.53. The highest BCUT2D eigenvalue weighted by atomic mass is 35.5. The van der Waals surface area contributed by atoms with Crippen LogP contribution in [0.1, 0.15) is 11.1 Å². The molecule has 2 aromatic carbocycles. The minimum absolute atomic E-state index is 0.131. The van der Waals surface area contributed by atoms with Crippen LogP contribution in [-0.4, -0.2) is 8.42 Å². The first-order chi connectivity index (χ1) is 9.70. The van der Waals surface area contributed by atoms with Crippen LogP contribution in [0.15, 0.2) is 35.2 Å². The lowest BCUT2D eigenvalue weighted by Crippen LogP contribution is -2.15. The van der Waals surface area contributed by atoms with Crippen LogP contribution in [0.25, 0.3) is 0 Å². The number of benzene rings is 2. The number of nitrogens with two attached hydrogens (primary N) is 1. The fraction of sp³-hybridized carbons (Fsp3) is 0.143. The van der Waals surface area contributed by atoms with Gasteiger partial charge in [-0.05, 0) is 55.3 Å². The Morgan fingerprint density at radius 3 is 2.38 bits per heavy atom. The SMILES string of the molecule is Cc1cc(N)cc(S(=O)(=O)Nc2ccc(Cl)cc2Cl)c1C. The van der Waals surface area contributed by atoms with E-state index < -0.39 is 10.0 Å². The van der Waals surface area contributed by atoms with Crippen molar-refractivity contribution < 1.29 is 8.42 Å². The van der Waals surface area contributed by atoms with E-state index in [9.17, 15) is 8.42 Å². The van der Waals surface area contributed by atoms with Crippen LogP contribution in [-0.2, 0) is 10.0 Å². The van der Waals surface area contributed by atoms with Gasteiger partial charge in [0, 0.05) is 10.7 Å². The van der Waals surface area contributed by atoms with Crippen LogP contribution in [0.4, 0.5) is 11.4 Å². The summed E-state index contributed by atoms with van der Waals surface area (Å²) < 4.78 is 27.5. The van der Waals surface area contributed by atoms with E-state index in [0.29, 0.717) is 16.3 Å². The molecule has 0 amide bonds. The first kappa shape index (κ1) is 15.9. The Morgan fingerprint density at radius 2 is 1.76 bits per heavy atom. The van der Waals surface area contributed by atoms with Crippen LogP contribution in [0, 0.1) is 13.8 Å². The lowest BCUT2D eigenvalue weighted by Gasteiger charge is -2.14. The second kappa shape index (κ2) is 5.75. The summed E-state index contributed by atoms with van der Waals surface area (Å²) in [5.41, 5.74) is 7.83. The molecule has 0 unspecified atom stereocenters. The van der Waals surface area contributed by atoms with Crippen LogP contribution < -0.4 is 10.5 Å². The highest BCUT2D eigenvalue weighted by Crippen LogP contribution is 2.29. The van der Waals surface area contributed by atoms with Crippen LogP contribution >= 0.6 is 23.2 Å². The lowest BCUT2D eigenvalue weighted by atomic mass is 10.1. The van der Waals surface area contributed by atoms with Crippen molar-refractivity contribution >= 4 is 44.6 Å². The molecule has 112 valence electrons. The predicted molar refractivity (Wildman–Crippen MR) is 87.6 cm³/mol. The van der Waals surface area contributed by atoms with Gasteiger partial charge in [0.15, 0.2) is 0 Å². The highest BCUT2D eigenvalue weighted by Gasteiger charge is 2.20. The molecule has 2 aromatic rings. The van der Waals surface area contributed by atoms with Gasteiger partial charge < -0.3 is 5.73 Å². The maximum Gasteiger partial charge on any atom is 0.262 e. The summed E-state index contributed by atoms with van der Waals surface area (Å²) in [6.07, 6.45) is 0. The standard InChI is InChI=1S/C14H14Cl2N2O2S/c1-8-5-11(17)7-14(9(8)2)21(19,20)18-13-4-3-10(15)6-12(13)16/h3-7,18H,17H2,1-2H3.